The molecule has 5 nitrogen and oxygen atoms in total. The lowest BCUT2D eigenvalue weighted by Gasteiger charge is -2.11. The van der Waals surface area contributed by atoms with Gasteiger partial charge < -0.3 is 5.32 Å². The first-order valence-corrected chi connectivity index (χ1v) is 10.1. The molecule has 24 heavy (non-hydrogen) atoms. The molecule has 0 saturated heterocycles. The normalized spacial score (nSPS) is 12.5. The van der Waals surface area contributed by atoms with Crippen molar-refractivity contribution in [2.75, 3.05) is 11.9 Å². The van der Waals surface area contributed by atoms with Crippen molar-refractivity contribution in [3.05, 3.63) is 50.9 Å². The first kappa shape index (κ1) is 17.4. The van der Waals surface area contributed by atoms with Crippen LogP contribution in [-0.4, -0.2) is 26.4 Å². The summed E-state index contributed by atoms with van der Waals surface area (Å²) >= 11 is 6.65. The maximum Gasteiger partial charge on any atom is 0.275 e. The number of nitrogens with one attached hydrogen (secondary N) is 1. The fourth-order valence-electron chi connectivity index (χ4n) is 2.13. The van der Waals surface area contributed by atoms with Crippen molar-refractivity contribution in [1.29, 1.82) is 0 Å². The molecule has 1 atom stereocenters. The van der Waals surface area contributed by atoms with Crippen LogP contribution in [0, 0.1) is 0 Å². The van der Waals surface area contributed by atoms with Gasteiger partial charge in [-0.3, -0.25) is 4.79 Å². The summed E-state index contributed by atoms with van der Waals surface area (Å²) in [6.07, 6.45) is 0.743. The van der Waals surface area contributed by atoms with E-state index in [1.807, 2.05) is 19.1 Å². The Kier molecular flexibility index (Phi) is 5.57. The summed E-state index contributed by atoms with van der Waals surface area (Å²) in [6, 6.07) is 9.82. The van der Waals surface area contributed by atoms with E-state index in [-0.39, 0.29) is 5.56 Å². The zero-order valence-electron chi connectivity index (χ0n) is 13.3. The van der Waals surface area contributed by atoms with Crippen LogP contribution in [0.3, 0.4) is 0 Å². The van der Waals surface area contributed by atoms with E-state index in [2.05, 4.69) is 50.4 Å². The third-order valence-electron chi connectivity index (χ3n) is 3.35. The van der Waals surface area contributed by atoms with Gasteiger partial charge in [-0.15, -0.1) is 16.9 Å². The summed E-state index contributed by atoms with van der Waals surface area (Å²) in [4.78, 5) is 18.3. The molecular formula is C16H17BrN4OS2. The number of hydrogen-bond donors (Lipinski definition) is 1. The van der Waals surface area contributed by atoms with Crippen LogP contribution in [-0.2, 0) is 6.42 Å². The lowest BCUT2D eigenvalue weighted by molar-refractivity contribution is 0.871. The predicted molar refractivity (Wildman–Crippen MR) is 104 cm³/mol. The molecule has 2 aromatic heterocycles. The minimum absolute atomic E-state index is 0.126. The Morgan fingerprint density at radius 2 is 2.12 bits per heavy atom. The molecule has 1 aromatic carbocycles. The number of halogens is 1. The second-order valence-electron chi connectivity index (χ2n) is 5.30. The number of fused-ring (bicyclic) bond motifs is 1. The van der Waals surface area contributed by atoms with Gasteiger partial charge in [0.15, 0.2) is 0 Å². The molecular weight excluding hydrogens is 408 g/mol. The lowest BCUT2D eigenvalue weighted by atomic mass is 10.3. The molecule has 2 heterocycles. The Balaban J connectivity index is 1.65. The molecule has 0 amide bonds. The Labute approximate surface area is 156 Å². The second-order valence-corrected chi connectivity index (χ2v) is 8.69. The van der Waals surface area contributed by atoms with Crippen LogP contribution in [0.1, 0.15) is 19.5 Å². The molecule has 0 bridgehead atoms. The Morgan fingerprint density at radius 1 is 1.38 bits per heavy atom. The highest BCUT2D eigenvalue weighted by atomic mass is 79.9. The number of thioether (sulfide) groups is 1. The number of hydrogen-bond acceptors (Lipinski definition) is 6. The number of nitrogens with zero attached hydrogens (tertiary/aromatic N) is 3. The minimum atomic E-state index is -0.126. The second kappa shape index (κ2) is 7.67. The zero-order valence-corrected chi connectivity index (χ0v) is 16.5. The Hall–Kier alpha value is -1.38. The van der Waals surface area contributed by atoms with Gasteiger partial charge in [-0.1, -0.05) is 41.1 Å². The maximum atomic E-state index is 12.0. The fraction of sp³-hybridized carbons (Fsp3) is 0.312. The van der Waals surface area contributed by atoms with E-state index in [1.54, 1.807) is 17.8 Å². The molecule has 1 N–H and O–H groups in total. The third kappa shape index (κ3) is 4.17. The van der Waals surface area contributed by atoms with Crippen molar-refractivity contribution in [2.45, 2.75) is 30.4 Å². The standard InChI is InChI=1S/C16H17BrN4OS2/c1-3-12-8-14(22)21-16(19-12)24-15(20-21)18-9-10(2)23-13-6-4-11(17)5-7-13/h4-8,10H,3,9H2,1-2H3,(H,18,20). The molecule has 0 saturated carbocycles. The molecule has 3 aromatic rings. The van der Waals surface area contributed by atoms with Gasteiger partial charge in [0.2, 0.25) is 10.1 Å². The molecule has 0 aliphatic heterocycles. The smallest absolute Gasteiger partial charge is 0.275 e. The average Bonchev–Trinajstić information content (AvgIpc) is 2.98. The van der Waals surface area contributed by atoms with Crippen LogP contribution < -0.4 is 10.9 Å². The Bertz CT molecular complexity index is 891. The topological polar surface area (TPSA) is 59.3 Å². The average molecular weight is 425 g/mol. The fourth-order valence-corrected chi connectivity index (χ4v) is 4.15. The van der Waals surface area contributed by atoms with Gasteiger partial charge in [-0.25, -0.2) is 4.98 Å². The van der Waals surface area contributed by atoms with Crippen molar-refractivity contribution < 1.29 is 0 Å². The molecule has 1 unspecified atom stereocenters. The molecule has 0 aliphatic rings. The van der Waals surface area contributed by atoms with E-state index in [0.29, 0.717) is 10.2 Å². The lowest BCUT2D eigenvalue weighted by Crippen LogP contribution is -2.16. The van der Waals surface area contributed by atoms with E-state index in [9.17, 15) is 4.79 Å². The summed E-state index contributed by atoms with van der Waals surface area (Å²) < 4.78 is 2.44. The van der Waals surface area contributed by atoms with E-state index >= 15 is 0 Å². The van der Waals surface area contributed by atoms with Crippen molar-refractivity contribution in [1.82, 2.24) is 14.6 Å². The van der Waals surface area contributed by atoms with Gasteiger partial charge >= 0.3 is 0 Å². The van der Waals surface area contributed by atoms with Crippen LogP contribution in [0.5, 0.6) is 0 Å². The van der Waals surface area contributed by atoms with Crippen LogP contribution in [0.25, 0.3) is 4.96 Å². The number of aryl methyl sites for hydroxylation is 1. The van der Waals surface area contributed by atoms with Crippen LogP contribution in [0.2, 0.25) is 0 Å². The number of aromatic nitrogens is 3. The number of anilines is 1. The van der Waals surface area contributed by atoms with Crippen molar-refractivity contribution >= 4 is 49.1 Å². The van der Waals surface area contributed by atoms with Gasteiger partial charge in [-0.2, -0.15) is 4.52 Å². The SMILES string of the molecule is CCc1cc(=O)n2nc(NCC(C)Sc3ccc(Br)cc3)sc2n1. The molecule has 0 aliphatic carbocycles. The van der Waals surface area contributed by atoms with Gasteiger partial charge in [0, 0.05) is 32.9 Å². The van der Waals surface area contributed by atoms with E-state index < -0.39 is 0 Å². The molecule has 0 radical (unpaired) electrons. The van der Waals surface area contributed by atoms with Gasteiger partial charge in [0.05, 0.1) is 0 Å². The largest absolute Gasteiger partial charge is 0.359 e. The monoisotopic (exact) mass is 424 g/mol. The van der Waals surface area contributed by atoms with E-state index in [1.165, 1.54) is 20.7 Å². The molecule has 0 fully saturated rings. The first-order valence-electron chi connectivity index (χ1n) is 7.61. The van der Waals surface area contributed by atoms with E-state index in [4.69, 9.17) is 0 Å². The highest BCUT2D eigenvalue weighted by Gasteiger charge is 2.10. The summed E-state index contributed by atoms with van der Waals surface area (Å²) in [5, 5.41) is 8.71. The van der Waals surface area contributed by atoms with Crippen LogP contribution in [0.4, 0.5) is 5.13 Å². The third-order valence-corrected chi connectivity index (χ3v) is 5.86. The molecule has 8 heteroatoms. The van der Waals surface area contributed by atoms with Crippen molar-refractivity contribution in [3.8, 4) is 0 Å². The predicted octanol–water partition coefficient (Wildman–Crippen LogP) is 4.07. The first-order chi connectivity index (χ1) is 11.5. The summed E-state index contributed by atoms with van der Waals surface area (Å²) in [5.74, 6) is 0. The highest BCUT2D eigenvalue weighted by molar-refractivity contribution is 9.10. The van der Waals surface area contributed by atoms with Gasteiger partial charge in [0.1, 0.15) is 0 Å². The highest BCUT2D eigenvalue weighted by Crippen LogP contribution is 2.25. The van der Waals surface area contributed by atoms with Crippen LogP contribution >= 0.6 is 39.0 Å². The summed E-state index contributed by atoms with van der Waals surface area (Å²) in [5.41, 5.74) is 0.674. The number of benzene rings is 1. The van der Waals surface area contributed by atoms with Gasteiger partial charge in [0.25, 0.3) is 5.56 Å². The summed E-state index contributed by atoms with van der Waals surface area (Å²) in [6.45, 7) is 4.90. The maximum absolute atomic E-state index is 12.0. The quantitative estimate of drug-likeness (QED) is 0.604. The van der Waals surface area contributed by atoms with Crippen LogP contribution in [0.15, 0.2) is 44.5 Å². The minimum Gasteiger partial charge on any atom is -0.359 e. The zero-order chi connectivity index (χ0) is 17.1. The molecule has 0 spiro atoms. The van der Waals surface area contributed by atoms with Gasteiger partial charge in [-0.05, 0) is 30.7 Å². The molecule has 126 valence electrons. The van der Waals surface area contributed by atoms with Crippen molar-refractivity contribution in [3.63, 3.8) is 0 Å². The van der Waals surface area contributed by atoms with E-state index in [0.717, 1.165) is 28.3 Å². The Morgan fingerprint density at radius 3 is 2.83 bits per heavy atom. The number of rotatable bonds is 6. The summed E-state index contributed by atoms with van der Waals surface area (Å²) in [7, 11) is 0. The van der Waals surface area contributed by atoms with Crippen molar-refractivity contribution in [2.24, 2.45) is 0 Å². The molecule has 3 rings (SSSR count).